The zero-order valence-electron chi connectivity index (χ0n) is 10.5. The summed E-state index contributed by atoms with van der Waals surface area (Å²) >= 11 is 7.71. The first-order valence-corrected chi connectivity index (χ1v) is 6.87. The number of thiazole rings is 1. The summed E-state index contributed by atoms with van der Waals surface area (Å²) in [5, 5.41) is 7.12. The average Bonchev–Trinajstić information content (AvgIpc) is 2.87. The second-order valence-electron chi connectivity index (χ2n) is 4.04. The van der Waals surface area contributed by atoms with Gasteiger partial charge in [-0.2, -0.15) is 0 Å². The molecule has 3 nitrogen and oxygen atoms in total. The average molecular weight is 283 g/mol. The Labute approximate surface area is 116 Å². The van der Waals surface area contributed by atoms with Crippen molar-refractivity contribution in [1.82, 2.24) is 4.98 Å². The number of benzene rings is 1. The monoisotopic (exact) mass is 282 g/mol. The van der Waals surface area contributed by atoms with Crippen LogP contribution >= 0.6 is 22.9 Å². The summed E-state index contributed by atoms with van der Waals surface area (Å²) in [5.74, 6) is 0.744. The highest BCUT2D eigenvalue weighted by molar-refractivity contribution is 7.09. The van der Waals surface area contributed by atoms with Crippen molar-refractivity contribution in [3.63, 3.8) is 0 Å². The number of hydrogen-bond acceptors (Lipinski definition) is 4. The third kappa shape index (κ3) is 2.76. The van der Waals surface area contributed by atoms with E-state index in [2.05, 4.69) is 17.2 Å². The van der Waals surface area contributed by atoms with Crippen molar-refractivity contribution < 1.29 is 4.74 Å². The Morgan fingerprint density at radius 2 is 2.22 bits per heavy atom. The number of nitrogens with one attached hydrogen (secondary N) is 1. The van der Waals surface area contributed by atoms with E-state index in [0.717, 1.165) is 22.0 Å². The second kappa shape index (κ2) is 5.59. The molecule has 1 unspecified atom stereocenters. The van der Waals surface area contributed by atoms with Crippen molar-refractivity contribution in [2.24, 2.45) is 0 Å². The minimum absolute atomic E-state index is 0.138. The number of hydrogen-bond donors (Lipinski definition) is 1. The van der Waals surface area contributed by atoms with Gasteiger partial charge in [-0.25, -0.2) is 4.98 Å². The van der Waals surface area contributed by atoms with Crippen LogP contribution in [-0.4, -0.2) is 12.1 Å². The zero-order valence-corrected chi connectivity index (χ0v) is 12.1. The minimum atomic E-state index is 0.138. The van der Waals surface area contributed by atoms with E-state index in [1.807, 2.05) is 30.6 Å². The topological polar surface area (TPSA) is 34.1 Å². The summed E-state index contributed by atoms with van der Waals surface area (Å²) in [6, 6.07) is 3.96. The summed E-state index contributed by atoms with van der Waals surface area (Å²) in [4.78, 5) is 4.30. The van der Waals surface area contributed by atoms with Crippen LogP contribution in [0, 0.1) is 6.92 Å². The van der Waals surface area contributed by atoms with Gasteiger partial charge in [0.05, 0.1) is 18.8 Å². The standard InChI is InChI=1S/C13H15ClN2OS/c1-8-6-11(12(17-3)7-10(8)14)16-9(2)13-15-4-5-18-13/h4-7,9,16H,1-3H3. The van der Waals surface area contributed by atoms with Gasteiger partial charge in [0, 0.05) is 22.7 Å². The Hall–Kier alpha value is -1.26. The Morgan fingerprint density at radius 3 is 2.83 bits per heavy atom. The smallest absolute Gasteiger partial charge is 0.143 e. The number of nitrogens with zero attached hydrogens (tertiary/aromatic N) is 1. The van der Waals surface area contributed by atoms with Gasteiger partial charge < -0.3 is 10.1 Å². The van der Waals surface area contributed by atoms with Crippen LogP contribution in [0.15, 0.2) is 23.7 Å². The molecule has 2 aromatic rings. The molecular formula is C13H15ClN2OS. The molecule has 1 N–H and O–H groups in total. The minimum Gasteiger partial charge on any atom is -0.495 e. The van der Waals surface area contributed by atoms with E-state index in [1.165, 1.54) is 0 Å². The van der Waals surface area contributed by atoms with Crippen molar-refractivity contribution in [3.8, 4) is 5.75 Å². The SMILES string of the molecule is COc1cc(Cl)c(C)cc1NC(C)c1nccs1. The van der Waals surface area contributed by atoms with Crippen LogP contribution in [0.3, 0.4) is 0 Å². The first-order valence-electron chi connectivity index (χ1n) is 5.62. The molecule has 0 fully saturated rings. The van der Waals surface area contributed by atoms with Crippen molar-refractivity contribution in [2.45, 2.75) is 19.9 Å². The molecule has 18 heavy (non-hydrogen) atoms. The Kier molecular flexibility index (Phi) is 4.09. The van der Waals surface area contributed by atoms with E-state index in [0.29, 0.717) is 5.02 Å². The van der Waals surface area contributed by atoms with Crippen LogP contribution in [0.5, 0.6) is 5.75 Å². The van der Waals surface area contributed by atoms with Crippen molar-refractivity contribution in [2.75, 3.05) is 12.4 Å². The van der Waals surface area contributed by atoms with Crippen molar-refractivity contribution in [1.29, 1.82) is 0 Å². The largest absolute Gasteiger partial charge is 0.495 e. The maximum Gasteiger partial charge on any atom is 0.143 e. The van der Waals surface area contributed by atoms with E-state index in [9.17, 15) is 0 Å². The number of anilines is 1. The highest BCUT2D eigenvalue weighted by Crippen LogP contribution is 2.33. The number of ether oxygens (including phenoxy) is 1. The van der Waals surface area contributed by atoms with Gasteiger partial charge in [0.15, 0.2) is 0 Å². The molecule has 1 aromatic carbocycles. The van der Waals surface area contributed by atoms with Gasteiger partial charge in [0.25, 0.3) is 0 Å². The Bertz CT molecular complexity index is 528. The fraction of sp³-hybridized carbons (Fsp3) is 0.308. The zero-order chi connectivity index (χ0) is 13.1. The molecule has 0 spiro atoms. The summed E-state index contributed by atoms with van der Waals surface area (Å²) < 4.78 is 5.34. The first kappa shape index (κ1) is 13.2. The fourth-order valence-corrected chi connectivity index (χ4v) is 2.49. The van der Waals surface area contributed by atoms with Crippen molar-refractivity contribution in [3.05, 3.63) is 39.3 Å². The molecule has 1 atom stereocenters. The van der Waals surface area contributed by atoms with E-state index < -0.39 is 0 Å². The third-order valence-corrected chi connectivity index (χ3v) is 4.04. The molecular weight excluding hydrogens is 268 g/mol. The van der Waals surface area contributed by atoms with Crippen LogP contribution in [0.25, 0.3) is 0 Å². The summed E-state index contributed by atoms with van der Waals surface area (Å²) in [6.07, 6.45) is 1.81. The lowest BCUT2D eigenvalue weighted by atomic mass is 10.2. The van der Waals surface area contributed by atoms with Gasteiger partial charge in [0.1, 0.15) is 10.8 Å². The summed E-state index contributed by atoms with van der Waals surface area (Å²) in [5.41, 5.74) is 1.95. The lowest BCUT2D eigenvalue weighted by Crippen LogP contribution is -2.07. The molecule has 0 bridgehead atoms. The first-order chi connectivity index (χ1) is 8.61. The predicted octanol–water partition coefficient (Wildman–Crippen LogP) is 4.29. The maximum atomic E-state index is 6.08. The second-order valence-corrected chi connectivity index (χ2v) is 5.37. The number of halogens is 1. The fourth-order valence-electron chi connectivity index (χ4n) is 1.69. The molecule has 5 heteroatoms. The summed E-state index contributed by atoms with van der Waals surface area (Å²) in [7, 11) is 1.64. The van der Waals surface area contributed by atoms with Crippen LogP contribution in [0.2, 0.25) is 5.02 Å². The van der Waals surface area contributed by atoms with E-state index >= 15 is 0 Å². The molecule has 96 valence electrons. The quantitative estimate of drug-likeness (QED) is 0.908. The highest BCUT2D eigenvalue weighted by Gasteiger charge is 2.12. The van der Waals surface area contributed by atoms with Gasteiger partial charge in [-0.3, -0.25) is 0 Å². The van der Waals surface area contributed by atoms with E-state index in [1.54, 1.807) is 18.4 Å². The lowest BCUT2D eigenvalue weighted by molar-refractivity contribution is 0.416. The Balaban J connectivity index is 2.25. The molecule has 0 aliphatic rings. The van der Waals surface area contributed by atoms with Crippen molar-refractivity contribution >= 4 is 28.6 Å². The molecule has 1 aromatic heterocycles. The number of aryl methyl sites for hydroxylation is 1. The molecule has 0 amide bonds. The van der Waals surface area contributed by atoms with Crippen LogP contribution in [0.4, 0.5) is 5.69 Å². The van der Waals surface area contributed by atoms with Gasteiger partial charge in [0.2, 0.25) is 0 Å². The molecule has 0 saturated carbocycles. The predicted molar refractivity (Wildman–Crippen MR) is 76.9 cm³/mol. The highest BCUT2D eigenvalue weighted by atomic mass is 35.5. The van der Waals surface area contributed by atoms with E-state index in [-0.39, 0.29) is 6.04 Å². The molecule has 0 aliphatic carbocycles. The molecule has 0 radical (unpaired) electrons. The molecule has 0 saturated heterocycles. The normalized spacial score (nSPS) is 12.2. The number of rotatable bonds is 4. The van der Waals surface area contributed by atoms with Crippen LogP contribution in [0.1, 0.15) is 23.5 Å². The van der Waals surface area contributed by atoms with Crippen LogP contribution < -0.4 is 10.1 Å². The number of methoxy groups -OCH3 is 1. The van der Waals surface area contributed by atoms with Gasteiger partial charge in [-0.05, 0) is 25.5 Å². The maximum absolute atomic E-state index is 6.08. The van der Waals surface area contributed by atoms with Gasteiger partial charge in [-0.1, -0.05) is 11.6 Å². The molecule has 1 heterocycles. The van der Waals surface area contributed by atoms with Gasteiger partial charge >= 0.3 is 0 Å². The molecule has 0 aliphatic heterocycles. The third-order valence-electron chi connectivity index (χ3n) is 2.67. The lowest BCUT2D eigenvalue weighted by Gasteiger charge is -2.17. The van der Waals surface area contributed by atoms with Crippen LogP contribution in [-0.2, 0) is 0 Å². The summed E-state index contributed by atoms with van der Waals surface area (Å²) in [6.45, 7) is 4.04. The van der Waals surface area contributed by atoms with Gasteiger partial charge in [-0.15, -0.1) is 11.3 Å². The Morgan fingerprint density at radius 1 is 1.44 bits per heavy atom. The van der Waals surface area contributed by atoms with E-state index in [4.69, 9.17) is 16.3 Å². The number of aromatic nitrogens is 1. The molecule has 2 rings (SSSR count).